The standard InChI is InChI=1S/C20H18N6O3S/c1-3-16(19(27)22-15-10-12(26(28)29)9-8-11(15)2)30-20-23-18-17(24-25-20)13-6-4-5-7-14(13)21-18/h4-10,16H,3H2,1-2H3,(H,22,27)(H,21,23,25). The van der Waals surface area contributed by atoms with Gasteiger partial charge in [0, 0.05) is 23.0 Å². The van der Waals surface area contributed by atoms with Crippen molar-refractivity contribution in [1.29, 1.82) is 0 Å². The summed E-state index contributed by atoms with van der Waals surface area (Å²) in [6, 6.07) is 12.1. The van der Waals surface area contributed by atoms with Gasteiger partial charge in [0.2, 0.25) is 11.1 Å². The first-order valence-corrected chi connectivity index (χ1v) is 10.2. The van der Waals surface area contributed by atoms with Crippen molar-refractivity contribution in [2.75, 3.05) is 5.32 Å². The number of hydrogen-bond acceptors (Lipinski definition) is 7. The molecule has 30 heavy (non-hydrogen) atoms. The number of para-hydroxylation sites is 1. The van der Waals surface area contributed by atoms with Crippen molar-refractivity contribution in [3.05, 3.63) is 58.1 Å². The lowest BCUT2D eigenvalue weighted by atomic mass is 10.1. The maximum absolute atomic E-state index is 12.8. The maximum Gasteiger partial charge on any atom is 0.271 e. The van der Waals surface area contributed by atoms with E-state index in [1.807, 2.05) is 31.2 Å². The van der Waals surface area contributed by atoms with Crippen LogP contribution in [0.2, 0.25) is 0 Å². The van der Waals surface area contributed by atoms with Crippen LogP contribution < -0.4 is 5.32 Å². The molecule has 0 radical (unpaired) electrons. The summed E-state index contributed by atoms with van der Waals surface area (Å²) < 4.78 is 0. The molecule has 1 unspecified atom stereocenters. The van der Waals surface area contributed by atoms with Gasteiger partial charge in [0.1, 0.15) is 5.52 Å². The van der Waals surface area contributed by atoms with E-state index in [2.05, 4.69) is 25.5 Å². The van der Waals surface area contributed by atoms with E-state index in [0.717, 1.165) is 16.5 Å². The number of nitrogens with one attached hydrogen (secondary N) is 2. The van der Waals surface area contributed by atoms with E-state index >= 15 is 0 Å². The molecule has 0 fully saturated rings. The smallest absolute Gasteiger partial charge is 0.271 e. The number of thioether (sulfide) groups is 1. The number of benzene rings is 2. The van der Waals surface area contributed by atoms with E-state index in [1.165, 1.54) is 23.9 Å². The number of nitro benzene ring substituents is 1. The Labute approximate surface area is 175 Å². The maximum atomic E-state index is 12.8. The summed E-state index contributed by atoms with van der Waals surface area (Å²) in [4.78, 5) is 31.0. The Morgan fingerprint density at radius 3 is 2.83 bits per heavy atom. The number of carbonyl (C=O) groups is 1. The van der Waals surface area contributed by atoms with Crippen molar-refractivity contribution < 1.29 is 9.72 Å². The predicted molar refractivity (Wildman–Crippen MR) is 116 cm³/mol. The highest BCUT2D eigenvalue weighted by Crippen LogP contribution is 2.28. The first-order valence-electron chi connectivity index (χ1n) is 9.30. The summed E-state index contributed by atoms with van der Waals surface area (Å²) in [6.45, 7) is 3.66. The van der Waals surface area contributed by atoms with Gasteiger partial charge >= 0.3 is 0 Å². The normalized spacial score (nSPS) is 12.2. The molecule has 0 aliphatic heterocycles. The summed E-state index contributed by atoms with van der Waals surface area (Å²) in [5, 5.41) is 23.1. The monoisotopic (exact) mass is 422 g/mol. The third kappa shape index (κ3) is 3.81. The van der Waals surface area contributed by atoms with Gasteiger partial charge < -0.3 is 10.3 Å². The van der Waals surface area contributed by atoms with Gasteiger partial charge in [-0.1, -0.05) is 43.0 Å². The Morgan fingerprint density at radius 2 is 2.07 bits per heavy atom. The fourth-order valence-corrected chi connectivity index (χ4v) is 3.90. The van der Waals surface area contributed by atoms with Crippen LogP contribution in [0.5, 0.6) is 0 Å². The van der Waals surface area contributed by atoms with Crippen LogP contribution in [0.25, 0.3) is 22.1 Å². The molecule has 0 saturated heterocycles. The van der Waals surface area contributed by atoms with E-state index in [-0.39, 0.29) is 11.6 Å². The number of anilines is 1. The quantitative estimate of drug-likeness (QED) is 0.270. The summed E-state index contributed by atoms with van der Waals surface area (Å²) >= 11 is 1.21. The third-order valence-electron chi connectivity index (χ3n) is 4.70. The van der Waals surface area contributed by atoms with Gasteiger partial charge in [-0.15, -0.1) is 10.2 Å². The van der Waals surface area contributed by atoms with Crippen molar-refractivity contribution in [1.82, 2.24) is 20.2 Å². The largest absolute Gasteiger partial charge is 0.338 e. The summed E-state index contributed by atoms with van der Waals surface area (Å²) in [5.41, 5.74) is 3.29. The van der Waals surface area contributed by atoms with Crippen LogP contribution in [0, 0.1) is 17.0 Å². The van der Waals surface area contributed by atoms with Gasteiger partial charge in [-0.05, 0) is 25.0 Å². The van der Waals surface area contributed by atoms with Gasteiger partial charge in [0.25, 0.3) is 5.69 Å². The van der Waals surface area contributed by atoms with Crippen LogP contribution >= 0.6 is 11.8 Å². The minimum atomic E-state index is -0.490. The molecule has 2 heterocycles. The Hall–Kier alpha value is -3.53. The zero-order chi connectivity index (χ0) is 21.3. The summed E-state index contributed by atoms with van der Waals surface area (Å²) in [5.74, 6) is -0.272. The Morgan fingerprint density at radius 1 is 1.27 bits per heavy atom. The zero-order valence-electron chi connectivity index (χ0n) is 16.2. The molecule has 152 valence electrons. The van der Waals surface area contributed by atoms with E-state index < -0.39 is 10.2 Å². The zero-order valence-corrected chi connectivity index (χ0v) is 17.1. The van der Waals surface area contributed by atoms with Crippen LogP contribution in [-0.2, 0) is 4.79 Å². The van der Waals surface area contributed by atoms with Crippen LogP contribution in [0.4, 0.5) is 11.4 Å². The molecule has 1 atom stereocenters. The highest BCUT2D eigenvalue weighted by atomic mass is 32.2. The van der Waals surface area contributed by atoms with E-state index in [9.17, 15) is 14.9 Å². The highest BCUT2D eigenvalue weighted by Gasteiger charge is 2.22. The highest BCUT2D eigenvalue weighted by molar-refractivity contribution is 8.00. The van der Waals surface area contributed by atoms with E-state index in [4.69, 9.17) is 0 Å². The number of aromatic nitrogens is 4. The Kier molecular flexibility index (Phi) is 5.32. The Balaban J connectivity index is 1.55. The molecule has 1 amide bonds. The summed E-state index contributed by atoms with van der Waals surface area (Å²) in [6.07, 6.45) is 0.526. The van der Waals surface area contributed by atoms with Gasteiger partial charge in [0.05, 0.1) is 15.9 Å². The van der Waals surface area contributed by atoms with Gasteiger partial charge in [-0.3, -0.25) is 14.9 Å². The molecular weight excluding hydrogens is 404 g/mol. The van der Waals surface area contributed by atoms with Crippen molar-refractivity contribution in [2.45, 2.75) is 30.7 Å². The number of H-pyrrole nitrogens is 1. The van der Waals surface area contributed by atoms with Crippen LogP contribution in [0.3, 0.4) is 0 Å². The van der Waals surface area contributed by atoms with Crippen LogP contribution in [-0.4, -0.2) is 36.2 Å². The molecule has 4 aromatic rings. The molecule has 2 aromatic heterocycles. The lowest BCUT2D eigenvalue weighted by Gasteiger charge is -2.14. The number of non-ortho nitro benzene ring substituents is 1. The molecule has 0 aliphatic rings. The minimum Gasteiger partial charge on any atom is -0.338 e. The average molecular weight is 422 g/mol. The fourth-order valence-electron chi connectivity index (χ4n) is 3.08. The Bertz CT molecular complexity index is 1270. The number of fused-ring (bicyclic) bond motifs is 3. The molecule has 0 bridgehead atoms. The molecule has 0 saturated carbocycles. The number of aryl methyl sites for hydroxylation is 1. The van der Waals surface area contributed by atoms with Gasteiger partial charge in [-0.2, -0.15) is 0 Å². The first kappa shape index (κ1) is 19.8. The van der Waals surface area contributed by atoms with E-state index in [0.29, 0.717) is 28.4 Å². The molecule has 10 heteroatoms. The molecule has 4 rings (SSSR count). The topological polar surface area (TPSA) is 127 Å². The summed E-state index contributed by atoms with van der Waals surface area (Å²) in [7, 11) is 0. The lowest BCUT2D eigenvalue weighted by Crippen LogP contribution is -2.25. The average Bonchev–Trinajstić information content (AvgIpc) is 3.11. The van der Waals surface area contributed by atoms with Crippen molar-refractivity contribution in [3.63, 3.8) is 0 Å². The third-order valence-corrected chi connectivity index (χ3v) is 5.92. The van der Waals surface area contributed by atoms with Crippen molar-refractivity contribution in [2.24, 2.45) is 0 Å². The second kappa shape index (κ2) is 8.07. The second-order valence-electron chi connectivity index (χ2n) is 6.72. The van der Waals surface area contributed by atoms with Gasteiger partial charge in [0.15, 0.2) is 5.65 Å². The molecular formula is C20H18N6O3S. The van der Waals surface area contributed by atoms with Gasteiger partial charge in [-0.25, -0.2) is 4.98 Å². The fraction of sp³-hybridized carbons (Fsp3) is 0.200. The number of nitro groups is 1. The second-order valence-corrected chi connectivity index (χ2v) is 7.89. The number of hydrogen-bond donors (Lipinski definition) is 2. The SMILES string of the molecule is CCC(Sc1nnc2c(n1)[nH]c1ccccc12)C(=O)Nc1cc([N+](=O)[O-])ccc1C. The molecule has 0 spiro atoms. The van der Waals surface area contributed by atoms with Crippen LogP contribution in [0.15, 0.2) is 47.6 Å². The molecule has 2 N–H and O–H groups in total. The minimum absolute atomic E-state index is 0.0756. The number of carbonyl (C=O) groups excluding carboxylic acids is 1. The number of amides is 1. The van der Waals surface area contributed by atoms with Crippen molar-refractivity contribution in [3.8, 4) is 0 Å². The molecule has 0 aliphatic carbocycles. The number of rotatable bonds is 6. The number of nitrogens with zero attached hydrogens (tertiary/aromatic N) is 4. The van der Waals surface area contributed by atoms with E-state index in [1.54, 1.807) is 13.0 Å². The van der Waals surface area contributed by atoms with Crippen molar-refractivity contribution >= 4 is 51.1 Å². The number of aromatic amines is 1. The van der Waals surface area contributed by atoms with Crippen LogP contribution in [0.1, 0.15) is 18.9 Å². The lowest BCUT2D eigenvalue weighted by molar-refractivity contribution is -0.384. The predicted octanol–water partition coefficient (Wildman–Crippen LogP) is 4.23. The molecule has 2 aromatic carbocycles. The first-order chi connectivity index (χ1) is 14.5. The molecule has 9 nitrogen and oxygen atoms in total.